The van der Waals surface area contributed by atoms with Gasteiger partial charge in [-0.25, -0.2) is 4.79 Å². The zero-order valence-corrected chi connectivity index (χ0v) is 9.63. The second kappa shape index (κ2) is 3.61. The smallest absolute Gasteiger partial charge is 0.348 e. The topological polar surface area (TPSA) is 46.5 Å². The summed E-state index contributed by atoms with van der Waals surface area (Å²) in [6, 6.07) is 1.93. The van der Waals surface area contributed by atoms with Crippen LogP contribution in [-0.2, 0) is 10.2 Å². The molecular weight excluding hydrogens is 212 g/mol. The van der Waals surface area contributed by atoms with Crippen LogP contribution in [0.1, 0.15) is 35.0 Å². The molecular formula is C11H14O3S. The van der Waals surface area contributed by atoms with Gasteiger partial charge in [-0.3, -0.25) is 0 Å². The van der Waals surface area contributed by atoms with Gasteiger partial charge in [-0.15, -0.1) is 11.3 Å². The van der Waals surface area contributed by atoms with Gasteiger partial charge >= 0.3 is 5.97 Å². The van der Waals surface area contributed by atoms with Gasteiger partial charge in [0.1, 0.15) is 4.88 Å². The molecule has 1 heterocycles. The molecule has 1 aromatic heterocycles. The lowest BCUT2D eigenvalue weighted by molar-refractivity contribution is 0.0602. The van der Waals surface area contributed by atoms with Crippen molar-refractivity contribution in [3.63, 3.8) is 0 Å². The van der Waals surface area contributed by atoms with Crippen molar-refractivity contribution in [3.8, 4) is 0 Å². The normalized spacial score (nSPS) is 19.7. The number of aliphatic hydroxyl groups excluding tert-OH is 1. The zero-order chi connectivity index (χ0) is 11.1. The van der Waals surface area contributed by atoms with Crippen LogP contribution in [0.3, 0.4) is 0 Å². The highest BCUT2D eigenvalue weighted by molar-refractivity contribution is 7.12. The fourth-order valence-corrected chi connectivity index (χ4v) is 2.92. The Kier molecular flexibility index (Phi) is 2.56. The number of carbonyl (C=O) groups is 1. The lowest BCUT2D eigenvalue weighted by Crippen LogP contribution is -2.24. The van der Waals surface area contributed by atoms with E-state index in [-0.39, 0.29) is 11.4 Å². The van der Waals surface area contributed by atoms with Gasteiger partial charge in [0.2, 0.25) is 0 Å². The van der Waals surface area contributed by atoms with E-state index < -0.39 is 6.10 Å². The monoisotopic (exact) mass is 226 g/mol. The van der Waals surface area contributed by atoms with Crippen LogP contribution in [0.2, 0.25) is 0 Å². The molecule has 0 amide bonds. The fraction of sp³-hybridized carbons (Fsp3) is 0.545. The number of ether oxygens (including phenoxy) is 1. The van der Waals surface area contributed by atoms with E-state index in [1.165, 1.54) is 18.4 Å². The average molecular weight is 226 g/mol. The van der Waals surface area contributed by atoms with Crippen molar-refractivity contribution in [2.24, 2.45) is 0 Å². The second-order valence-corrected chi connectivity index (χ2v) is 4.90. The Balaban J connectivity index is 2.37. The first-order valence-corrected chi connectivity index (χ1v) is 5.84. The van der Waals surface area contributed by atoms with Crippen molar-refractivity contribution in [1.29, 1.82) is 0 Å². The largest absolute Gasteiger partial charge is 0.465 e. The average Bonchev–Trinajstić information content (AvgIpc) is 2.89. The Hall–Kier alpha value is -0.870. The molecule has 1 aliphatic rings. The molecule has 0 spiro atoms. The maximum atomic E-state index is 11.5. The van der Waals surface area contributed by atoms with Crippen molar-refractivity contribution < 1.29 is 14.6 Å². The first kappa shape index (κ1) is 10.6. The van der Waals surface area contributed by atoms with Gasteiger partial charge in [0.15, 0.2) is 0 Å². The van der Waals surface area contributed by atoms with Gasteiger partial charge < -0.3 is 9.84 Å². The molecule has 1 unspecified atom stereocenters. The Morgan fingerprint density at radius 1 is 1.67 bits per heavy atom. The lowest BCUT2D eigenvalue weighted by atomic mass is 9.91. The molecule has 82 valence electrons. The molecule has 1 saturated carbocycles. The Morgan fingerprint density at radius 2 is 2.33 bits per heavy atom. The van der Waals surface area contributed by atoms with Crippen molar-refractivity contribution in [3.05, 3.63) is 21.9 Å². The van der Waals surface area contributed by atoms with E-state index in [2.05, 4.69) is 0 Å². The predicted octanol–water partition coefficient (Wildman–Crippen LogP) is 1.95. The summed E-state index contributed by atoms with van der Waals surface area (Å²) in [6.07, 6.45) is 1.49. The lowest BCUT2D eigenvalue weighted by Gasteiger charge is -2.18. The molecule has 0 saturated heterocycles. The van der Waals surface area contributed by atoms with Crippen LogP contribution in [0.15, 0.2) is 11.4 Å². The molecule has 0 aliphatic heterocycles. The van der Waals surface area contributed by atoms with Gasteiger partial charge in [0, 0.05) is 5.41 Å². The minimum atomic E-state index is -0.407. The summed E-state index contributed by atoms with van der Waals surface area (Å²) >= 11 is 1.38. The number of hydrogen-bond donors (Lipinski definition) is 1. The summed E-state index contributed by atoms with van der Waals surface area (Å²) in [4.78, 5) is 12.1. The van der Waals surface area contributed by atoms with E-state index in [0.717, 1.165) is 18.4 Å². The summed E-state index contributed by atoms with van der Waals surface area (Å²) in [5.41, 5.74) is 0.762. The first-order valence-electron chi connectivity index (χ1n) is 4.96. The number of esters is 1. The van der Waals surface area contributed by atoms with Gasteiger partial charge in [-0.2, -0.15) is 0 Å². The molecule has 1 atom stereocenters. The highest BCUT2D eigenvalue weighted by Gasteiger charge is 2.50. The van der Waals surface area contributed by atoms with Crippen LogP contribution in [0, 0.1) is 0 Å². The summed E-state index contributed by atoms with van der Waals surface area (Å²) < 4.78 is 4.73. The first-order chi connectivity index (χ1) is 7.12. The summed E-state index contributed by atoms with van der Waals surface area (Å²) in [6.45, 7) is 1.78. The Bertz CT molecular complexity index is 377. The number of hydrogen-bond acceptors (Lipinski definition) is 4. The van der Waals surface area contributed by atoms with Crippen molar-refractivity contribution in [1.82, 2.24) is 0 Å². The minimum absolute atomic E-state index is 0.191. The Labute approximate surface area is 92.7 Å². The van der Waals surface area contributed by atoms with Crippen LogP contribution in [0.25, 0.3) is 0 Å². The number of rotatable bonds is 3. The summed E-state index contributed by atoms with van der Waals surface area (Å²) in [7, 11) is 1.38. The maximum Gasteiger partial charge on any atom is 0.348 e. The molecule has 2 rings (SSSR count). The number of aliphatic hydroxyl groups is 1. The third-order valence-corrected chi connectivity index (χ3v) is 4.06. The molecule has 1 fully saturated rings. The van der Waals surface area contributed by atoms with E-state index in [9.17, 15) is 9.90 Å². The van der Waals surface area contributed by atoms with E-state index in [0.29, 0.717) is 4.88 Å². The highest BCUT2D eigenvalue weighted by atomic mass is 32.1. The molecule has 3 nitrogen and oxygen atoms in total. The van der Waals surface area contributed by atoms with Gasteiger partial charge in [0.25, 0.3) is 0 Å². The molecule has 1 aliphatic carbocycles. The molecule has 0 radical (unpaired) electrons. The molecule has 1 aromatic rings. The van der Waals surface area contributed by atoms with Crippen LogP contribution in [-0.4, -0.2) is 24.3 Å². The zero-order valence-electron chi connectivity index (χ0n) is 8.82. The molecule has 0 bridgehead atoms. The van der Waals surface area contributed by atoms with Gasteiger partial charge in [-0.1, -0.05) is 0 Å². The third kappa shape index (κ3) is 1.58. The van der Waals surface area contributed by atoms with Gasteiger partial charge in [-0.05, 0) is 36.8 Å². The van der Waals surface area contributed by atoms with Crippen molar-refractivity contribution in [2.45, 2.75) is 31.3 Å². The molecule has 0 aromatic carbocycles. The number of methoxy groups -OCH3 is 1. The molecule has 4 heteroatoms. The fourth-order valence-electron chi connectivity index (χ4n) is 2.00. The standard InChI is InChI=1S/C11H14O3S/c1-7(12)11(4-5-11)8-3-6-15-9(8)10(13)14-2/h3,6-7,12H,4-5H2,1-2H3. The number of carbonyl (C=O) groups excluding carboxylic acids is 1. The predicted molar refractivity (Wildman–Crippen MR) is 58.3 cm³/mol. The summed E-state index contributed by atoms with van der Waals surface area (Å²) in [5, 5.41) is 11.6. The SMILES string of the molecule is COC(=O)c1sccc1C1(C(C)O)CC1. The second-order valence-electron chi connectivity index (χ2n) is 3.99. The summed E-state index contributed by atoms with van der Waals surface area (Å²) in [5.74, 6) is -0.299. The quantitative estimate of drug-likeness (QED) is 0.801. The third-order valence-electron chi connectivity index (χ3n) is 3.16. The van der Waals surface area contributed by atoms with Crippen LogP contribution >= 0.6 is 11.3 Å². The van der Waals surface area contributed by atoms with Gasteiger partial charge in [0.05, 0.1) is 13.2 Å². The van der Waals surface area contributed by atoms with E-state index >= 15 is 0 Å². The maximum absolute atomic E-state index is 11.5. The van der Waals surface area contributed by atoms with Crippen LogP contribution < -0.4 is 0 Å². The molecule has 1 N–H and O–H groups in total. The Morgan fingerprint density at radius 3 is 2.80 bits per heavy atom. The molecule has 15 heavy (non-hydrogen) atoms. The van der Waals surface area contributed by atoms with Crippen LogP contribution in [0.4, 0.5) is 0 Å². The van der Waals surface area contributed by atoms with Crippen molar-refractivity contribution >= 4 is 17.3 Å². The van der Waals surface area contributed by atoms with E-state index in [1.807, 2.05) is 11.4 Å². The van der Waals surface area contributed by atoms with Crippen LogP contribution in [0.5, 0.6) is 0 Å². The van der Waals surface area contributed by atoms with E-state index in [1.54, 1.807) is 6.92 Å². The van der Waals surface area contributed by atoms with E-state index in [4.69, 9.17) is 4.74 Å². The highest BCUT2D eigenvalue weighted by Crippen LogP contribution is 2.53. The minimum Gasteiger partial charge on any atom is -0.465 e. The number of thiophene rings is 1. The van der Waals surface area contributed by atoms with Crippen molar-refractivity contribution in [2.75, 3.05) is 7.11 Å².